The van der Waals surface area contributed by atoms with Crippen LogP contribution < -0.4 is 0 Å². The molecule has 0 fully saturated rings. The van der Waals surface area contributed by atoms with Gasteiger partial charge in [0.1, 0.15) is 6.79 Å². The first-order valence-corrected chi connectivity index (χ1v) is 3.14. The molecule has 4 heteroatoms. The quantitative estimate of drug-likeness (QED) is 0.647. The lowest BCUT2D eigenvalue weighted by atomic mass is 10.5. The highest BCUT2D eigenvalue weighted by atomic mass is 79.9. The van der Waals surface area contributed by atoms with Crippen molar-refractivity contribution < 1.29 is 9.18 Å². The van der Waals surface area contributed by atoms with Gasteiger partial charge in [-0.15, -0.1) is 0 Å². The number of hydrogen-bond acceptors (Lipinski definition) is 2. The van der Waals surface area contributed by atoms with E-state index >= 15 is 0 Å². The van der Waals surface area contributed by atoms with Crippen molar-refractivity contribution in [2.24, 2.45) is 0 Å². The molecule has 10 heavy (non-hydrogen) atoms. The van der Waals surface area contributed by atoms with Crippen molar-refractivity contribution >= 4 is 22.7 Å². The second-order valence-electron chi connectivity index (χ2n) is 1.29. The average molecular weight is 206 g/mol. The smallest absolute Gasteiger partial charge is 0.155 e. The van der Waals surface area contributed by atoms with Crippen molar-refractivity contribution in [1.29, 1.82) is 0 Å². The minimum absolute atomic E-state index is 0.326. The van der Waals surface area contributed by atoms with Crippen LogP contribution in [0.3, 0.4) is 0 Å². The van der Waals surface area contributed by atoms with E-state index in [4.69, 9.17) is 4.79 Å². The topological polar surface area (TPSA) is 30.0 Å². The van der Waals surface area contributed by atoms with Crippen LogP contribution in [0.15, 0.2) is 22.9 Å². The van der Waals surface area contributed by atoms with E-state index in [1.807, 2.05) is 6.79 Å². The fourth-order valence-corrected chi connectivity index (χ4v) is 0.579. The highest BCUT2D eigenvalue weighted by Crippen LogP contribution is 2.10. The summed E-state index contributed by atoms with van der Waals surface area (Å²) < 4.78 is 12.7. The molecule has 1 aromatic rings. The summed E-state index contributed by atoms with van der Waals surface area (Å²) in [6.45, 7) is 2.00. The first kappa shape index (κ1) is 9.23. The van der Waals surface area contributed by atoms with Crippen LogP contribution >= 0.6 is 15.9 Å². The fraction of sp³-hybridized carbons (Fsp3) is 0. The van der Waals surface area contributed by atoms with E-state index in [-0.39, 0.29) is 5.82 Å². The van der Waals surface area contributed by atoms with Gasteiger partial charge in [-0.25, -0.2) is 4.39 Å². The van der Waals surface area contributed by atoms with Gasteiger partial charge in [-0.2, -0.15) is 0 Å². The lowest BCUT2D eigenvalue weighted by Crippen LogP contribution is -1.75. The zero-order chi connectivity index (χ0) is 7.98. The van der Waals surface area contributed by atoms with Crippen molar-refractivity contribution in [1.82, 2.24) is 4.98 Å². The molecule has 0 radical (unpaired) electrons. The van der Waals surface area contributed by atoms with Crippen molar-refractivity contribution in [2.45, 2.75) is 0 Å². The van der Waals surface area contributed by atoms with Crippen LogP contribution in [0.4, 0.5) is 4.39 Å². The molecule has 1 aromatic heterocycles. The molecule has 0 saturated heterocycles. The number of pyridine rings is 1. The van der Waals surface area contributed by atoms with Gasteiger partial charge in [0, 0.05) is 6.20 Å². The summed E-state index contributed by atoms with van der Waals surface area (Å²) in [7, 11) is 0. The number of halogens is 2. The van der Waals surface area contributed by atoms with Crippen molar-refractivity contribution in [2.75, 3.05) is 0 Å². The summed E-state index contributed by atoms with van der Waals surface area (Å²) in [4.78, 5) is 11.5. The largest absolute Gasteiger partial charge is 0.307 e. The van der Waals surface area contributed by atoms with Gasteiger partial charge in [0.25, 0.3) is 0 Å². The van der Waals surface area contributed by atoms with E-state index in [9.17, 15) is 4.39 Å². The Balaban J connectivity index is 0.000000371. The SMILES string of the molecule is C=O.Fc1cnccc1Br. The van der Waals surface area contributed by atoms with Gasteiger partial charge in [-0.3, -0.25) is 4.98 Å². The molecule has 0 aliphatic heterocycles. The number of carbonyl (C=O) groups excluding carboxylic acids is 1. The predicted molar refractivity (Wildman–Crippen MR) is 39.0 cm³/mol. The Morgan fingerprint density at radius 1 is 1.60 bits per heavy atom. The second-order valence-corrected chi connectivity index (χ2v) is 2.14. The molecule has 0 unspecified atom stereocenters. The Morgan fingerprint density at radius 2 is 2.20 bits per heavy atom. The highest BCUT2D eigenvalue weighted by Gasteiger charge is 1.92. The molecule has 0 spiro atoms. The van der Waals surface area contributed by atoms with Crippen LogP contribution in [-0.4, -0.2) is 11.8 Å². The van der Waals surface area contributed by atoms with E-state index in [2.05, 4.69) is 20.9 Å². The minimum Gasteiger partial charge on any atom is -0.307 e. The van der Waals surface area contributed by atoms with Crippen LogP contribution in [-0.2, 0) is 4.79 Å². The van der Waals surface area contributed by atoms with E-state index in [1.165, 1.54) is 6.20 Å². The molecule has 0 atom stereocenters. The van der Waals surface area contributed by atoms with Crippen molar-refractivity contribution in [3.05, 3.63) is 28.7 Å². The van der Waals surface area contributed by atoms with Crippen LogP contribution in [0.2, 0.25) is 0 Å². The zero-order valence-electron chi connectivity index (χ0n) is 5.05. The standard InChI is InChI=1S/C5H3BrFN.CH2O/c6-4-1-2-8-3-5(4)7;1-2/h1-3H;1H2. The Labute approximate surface area is 66.2 Å². The summed E-state index contributed by atoms with van der Waals surface area (Å²) in [5.41, 5.74) is 0. The summed E-state index contributed by atoms with van der Waals surface area (Å²) in [6, 6.07) is 1.55. The number of rotatable bonds is 0. The van der Waals surface area contributed by atoms with Gasteiger partial charge >= 0.3 is 0 Å². The molecule has 0 bridgehead atoms. The normalized spacial score (nSPS) is 7.80. The summed E-state index contributed by atoms with van der Waals surface area (Å²) in [5, 5.41) is 0. The van der Waals surface area contributed by atoms with E-state index in [1.54, 1.807) is 6.07 Å². The molecule has 0 N–H and O–H groups in total. The lowest BCUT2D eigenvalue weighted by Gasteiger charge is -1.86. The fourth-order valence-electron chi connectivity index (χ4n) is 0.358. The molecular weight excluding hydrogens is 201 g/mol. The zero-order valence-corrected chi connectivity index (χ0v) is 6.64. The first-order chi connectivity index (χ1) is 4.80. The van der Waals surface area contributed by atoms with E-state index < -0.39 is 0 Å². The van der Waals surface area contributed by atoms with E-state index in [0.29, 0.717) is 4.47 Å². The Kier molecular flexibility index (Phi) is 4.66. The van der Waals surface area contributed by atoms with Crippen LogP contribution in [0, 0.1) is 5.82 Å². The summed E-state index contributed by atoms with van der Waals surface area (Å²) >= 11 is 2.98. The van der Waals surface area contributed by atoms with Crippen molar-refractivity contribution in [3.63, 3.8) is 0 Å². The average Bonchev–Trinajstić information content (AvgIpc) is 2.00. The predicted octanol–water partition coefficient (Wildman–Crippen LogP) is 1.80. The third kappa shape index (κ3) is 2.68. The molecule has 0 amide bonds. The molecule has 54 valence electrons. The number of nitrogens with zero attached hydrogens (tertiary/aromatic N) is 1. The van der Waals surface area contributed by atoms with Crippen LogP contribution in [0.25, 0.3) is 0 Å². The molecular formula is C6H5BrFNO. The summed E-state index contributed by atoms with van der Waals surface area (Å²) in [6.07, 6.45) is 2.68. The molecule has 1 rings (SSSR count). The lowest BCUT2D eigenvalue weighted by molar-refractivity contribution is -0.0979. The molecule has 1 heterocycles. The maximum absolute atomic E-state index is 12.2. The molecule has 2 nitrogen and oxygen atoms in total. The molecule has 0 aliphatic carbocycles. The number of hydrogen-bond donors (Lipinski definition) is 0. The maximum Gasteiger partial charge on any atom is 0.155 e. The van der Waals surface area contributed by atoms with Crippen molar-refractivity contribution in [3.8, 4) is 0 Å². The number of carbonyl (C=O) groups is 1. The third-order valence-corrected chi connectivity index (χ3v) is 1.37. The minimum atomic E-state index is -0.326. The van der Waals surface area contributed by atoms with Gasteiger partial charge in [-0.05, 0) is 22.0 Å². The molecule has 0 saturated carbocycles. The Hall–Kier alpha value is -0.770. The van der Waals surface area contributed by atoms with E-state index in [0.717, 1.165) is 6.20 Å². The van der Waals surface area contributed by atoms with Gasteiger partial charge in [0.15, 0.2) is 5.82 Å². The van der Waals surface area contributed by atoms with Gasteiger partial charge < -0.3 is 4.79 Å². The van der Waals surface area contributed by atoms with Crippen LogP contribution in [0.5, 0.6) is 0 Å². The number of aromatic nitrogens is 1. The second kappa shape index (κ2) is 5.05. The molecule has 0 aliphatic rings. The first-order valence-electron chi connectivity index (χ1n) is 2.34. The molecule has 0 aromatic carbocycles. The van der Waals surface area contributed by atoms with Crippen LogP contribution in [0.1, 0.15) is 0 Å². The summed E-state index contributed by atoms with van der Waals surface area (Å²) in [5.74, 6) is -0.326. The Morgan fingerprint density at radius 3 is 2.50 bits per heavy atom. The Bertz CT molecular complexity index is 186. The monoisotopic (exact) mass is 205 g/mol. The van der Waals surface area contributed by atoms with Gasteiger partial charge in [-0.1, -0.05) is 0 Å². The highest BCUT2D eigenvalue weighted by molar-refractivity contribution is 9.10. The van der Waals surface area contributed by atoms with Gasteiger partial charge in [0.2, 0.25) is 0 Å². The third-order valence-electron chi connectivity index (χ3n) is 0.723. The maximum atomic E-state index is 12.2. The van der Waals surface area contributed by atoms with Gasteiger partial charge in [0.05, 0.1) is 10.7 Å².